The Morgan fingerprint density at radius 1 is 1.42 bits per heavy atom. The van der Waals surface area contributed by atoms with E-state index >= 15 is 0 Å². The summed E-state index contributed by atoms with van der Waals surface area (Å²) in [7, 11) is 4.10. The summed E-state index contributed by atoms with van der Waals surface area (Å²) in [5.74, 6) is 0.598. The number of nitrogens with zero attached hydrogens (tertiary/aromatic N) is 3. The number of benzene rings is 1. The van der Waals surface area contributed by atoms with Crippen molar-refractivity contribution in [3.63, 3.8) is 0 Å². The maximum atomic E-state index is 6.11. The second-order valence-electron chi connectivity index (χ2n) is 5.48. The Bertz CT molecular complexity index is 607. The van der Waals surface area contributed by atoms with Crippen LogP contribution in [0.5, 0.6) is 0 Å². The highest BCUT2D eigenvalue weighted by Gasteiger charge is 2.29. The van der Waals surface area contributed by atoms with Crippen LogP contribution < -0.4 is 5.73 Å². The second-order valence-corrected chi connectivity index (χ2v) is 5.84. The van der Waals surface area contributed by atoms with E-state index in [1.807, 2.05) is 11.7 Å². The van der Waals surface area contributed by atoms with Gasteiger partial charge in [-0.3, -0.25) is 9.58 Å². The van der Waals surface area contributed by atoms with Crippen molar-refractivity contribution in [3.05, 3.63) is 28.9 Å². The number of hydrogen-bond acceptors (Lipinski definition) is 3. The normalized spacial score (nSPS) is 24.4. The number of fused-ring (bicyclic) bond motifs is 1. The van der Waals surface area contributed by atoms with Crippen LogP contribution in [-0.4, -0.2) is 34.8 Å². The van der Waals surface area contributed by atoms with E-state index in [4.69, 9.17) is 17.3 Å². The van der Waals surface area contributed by atoms with Crippen LogP contribution in [0, 0.1) is 5.92 Å². The summed E-state index contributed by atoms with van der Waals surface area (Å²) in [4.78, 5) is 2.39. The van der Waals surface area contributed by atoms with Gasteiger partial charge in [0, 0.05) is 25.0 Å². The minimum absolute atomic E-state index is 0.451. The van der Waals surface area contributed by atoms with Crippen molar-refractivity contribution in [1.82, 2.24) is 14.7 Å². The minimum Gasteiger partial charge on any atom is -0.330 e. The maximum absolute atomic E-state index is 6.11. The number of likely N-dealkylation sites (tertiary alicyclic amines) is 1. The summed E-state index contributed by atoms with van der Waals surface area (Å²) >= 11 is 6.11. The Morgan fingerprint density at radius 2 is 2.21 bits per heavy atom. The Hall–Kier alpha value is -1.10. The molecule has 2 atom stereocenters. The molecule has 4 nitrogen and oxygen atoms in total. The molecule has 0 amide bonds. The molecule has 2 aromatic rings. The van der Waals surface area contributed by atoms with Gasteiger partial charge in [0.05, 0.1) is 5.52 Å². The molecule has 1 aromatic carbocycles. The van der Waals surface area contributed by atoms with Crippen molar-refractivity contribution in [2.75, 3.05) is 20.1 Å². The van der Waals surface area contributed by atoms with Gasteiger partial charge in [-0.1, -0.05) is 17.7 Å². The van der Waals surface area contributed by atoms with Gasteiger partial charge in [0.15, 0.2) is 5.15 Å². The van der Waals surface area contributed by atoms with E-state index in [0.717, 1.165) is 30.4 Å². The van der Waals surface area contributed by atoms with Crippen LogP contribution in [-0.2, 0) is 7.05 Å². The molecule has 1 aromatic heterocycles. The van der Waals surface area contributed by atoms with E-state index in [1.54, 1.807) is 0 Å². The molecule has 1 aliphatic rings. The molecule has 0 aliphatic carbocycles. The number of aromatic nitrogens is 2. The predicted octanol–water partition coefficient (Wildman–Crippen LogP) is 2.18. The maximum Gasteiger partial charge on any atom is 0.158 e. The van der Waals surface area contributed by atoms with Crippen molar-refractivity contribution in [2.24, 2.45) is 18.7 Å². The van der Waals surface area contributed by atoms with Crippen LogP contribution in [0.4, 0.5) is 0 Å². The molecule has 19 heavy (non-hydrogen) atoms. The van der Waals surface area contributed by atoms with Gasteiger partial charge in [-0.15, -0.1) is 0 Å². The van der Waals surface area contributed by atoms with E-state index < -0.39 is 0 Å². The predicted molar refractivity (Wildman–Crippen MR) is 78.3 cm³/mol. The zero-order valence-electron chi connectivity index (χ0n) is 11.3. The van der Waals surface area contributed by atoms with Crippen LogP contribution in [0.2, 0.25) is 5.15 Å². The van der Waals surface area contributed by atoms with Gasteiger partial charge in [0.2, 0.25) is 0 Å². The average molecular weight is 279 g/mol. The van der Waals surface area contributed by atoms with E-state index in [1.165, 1.54) is 5.56 Å². The molecule has 2 N–H and O–H groups in total. The van der Waals surface area contributed by atoms with Crippen LogP contribution in [0.25, 0.3) is 10.9 Å². The number of rotatable bonds is 2. The lowest BCUT2D eigenvalue weighted by atomic mass is 9.99. The first-order chi connectivity index (χ1) is 9.10. The SMILES string of the molecule is CN1CC(CN)CC1c1ccc2c(Cl)nn(C)c2c1. The standard InChI is InChI=1S/C14H19ClN4/c1-18-8-9(7-16)5-12(18)10-3-4-11-13(6-10)19(2)17-14(11)15/h3-4,6,9,12H,5,7-8,16H2,1-2H3. The zero-order valence-corrected chi connectivity index (χ0v) is 12.1. The highest BCUT2D eigenvalue weighted by molar-refractivity contribution is 6.34. The first-order valence-corrected chi connectivity index (χ1v) is 7.00. The Kier molecular flexibility index (Phi) is 3.25. The van der Waals surface area contributed by atoms with Gasteiger partial charge in [-0.05, 0) is 43.6 Å². The van der Waals surface area contributed by atoms with Gasteiger partial charge in [-0.2, -0.15) is 5.10 Å². The summed E-state index contributed by atoms with van der Waals surface area (Å²) in [6.45, 7) is 1.84. The summed E-state index contributed by atoms with van der Waals surface area (Å²) in [6, 6.07) is 6.89. The molecule has 102 valence electrons. The fraction of sp³-hybridized carbons (Fsp3) is 0.500. The first-order valence-electron chi connectivity index (χ1n) is 6.62. The van der Waals surface area contributed by atoms with Crippen LogP contribution >= 0.6 is 11.6 Å². The minimum atomic E-state index is 0.451. The van der Waals surface area contributed by atoms with Crippen molar-refractivity contribution < 1.29 is 0 Å². The van der Waals surface area contributed by atoms with Crippen molar-refractivity contribution >= 4 is 22.5 Å². The van der Waals surface area contributed by atoms with Gasteiger partial charge in [0.25, 0.3) is 0 Å². The fourth-order valence-electron chi connectivity index (χ4n) is 3.10. The van der Waals surface area contributed by atoms with Crippen LogP contribution in [0.1, 0.15) is 18.0 Å². The molecule has 2 unspecified atom stereocenters. The number of aryl methyl sites for hydroxylation is 1. The molecule has 5 heteroatoms. The average Bonchev–Trinajstić information content (AvgIpc) is 2.91. The molecule has 1 fully saturated rings. The first kappa shape index (κ1) is 12.9. The van der Waals surface area contributed by atoms with E-state index in [-0.39, 0.29) is 0 Å². The molecule has 0 bridgehead atoms. The summed E-state index contributed by atoms with van der Waals surface area (Å²) < 4.78 is 1.84. The molecule has 3 rings (SSSR count). The molecule has 1 saturated heterocycles. The third-order valence-electron chi connectivity index (χ3n) is 4.18. The topological polar surface area (TPSA) is 47.1 Å². The van der Waals surface area contributed by atoms with Crippen LogP contribution in [0.15, 0.2) is 18.2 Å². The van der Waals surface area contributed by atoms with Crippen molar-refractivity contribution in [3.8, 4) is 0 Å². The monoisotopic (exact) mass is 278 g/mol. The highest BCUT2D eigenvalue weighted by atomic mass is 35.5. The lowest BCUT2D eigenvalue weighted by molar-refractivity contribution is 0.314. The second kappa shape index (κ2) is 4.78. The molecular formula is C14H19ClN4. The van der Waals surface area contributed by atoms with Gasteiger partial charge in [-0.25, -0.2) is 0 Å². The molecule has 0 saturated carbocycles. The summed E-state index contributed by atoms with van der Waals surface area (Å²) in [6.07, 6.45) is 1.13. The lowest BCUT2D eigenvalue weighted by Crippen LogP contribution is -2.20. The van der Waals surface area contributed by atoms with E-state index in [2.05, 4.69) is 35.2 Å². The summed E-state index contributed by atoms with van der Waals surface area (Å²) in [5, 5.41) is 5.85. The van der Waals surface area contributed by atoms with Crippen LogP contribution in [0.3, 0.4) is 0 Å². The van der Waals surface area contributed by atoms with Crippen molar-refractivity contribution in [2.45, 2.75) is 12.5 Å². The largest absolute Gasteiger partial charge is 0.330 e. The Balaban J connectivity index is 1.99. The number of nitrogens with two attached hydrogens (primary N) is 1. The smallest absolute Gasteiger partial charge is 0.158 e. The van der Waals surface area contributed by atoms with E-state index in [0.29, 0.717) is 17.1 Å². The molecule has 0 radical (unpaired) electrons. The molecule has 2 heterocycles. The molecule has 1 aliphatic heterocycles. The van der Waals surface area contributed by atoms with Gasteiger partial charge >= 0.3 is 0 Å². The third-order valence-corrected chi connectivity index (χ3v) is 4.46. The number of hydrogen-bond donors (Lipinski definition) is 1. The number of halogens is 1. The molecular weight excluding hydrogens is 260 g/mol. The Labute approximate surface area is 118 Å². The zero-order chi connectivity index (χ0) is 13.6. The highest BCUT2D eigenvalue weighted by Crippen LogP contribution is 2.35. The lowest BCUT2D eigenvalue weighted by Gasteiger charge is -2.19. The summed E-state index contributed by atoms with van der Waals surface area (Å²) in [5.41, 5.74) is 8.21. The third kappa shape index (κ3) is 2.14. The van der Waals surface area contributed by atoms with Gasteiger partial charge in [0.1, 0.15) is 0 Å². The quantitative estimate of drug-likeness (QED) is 0.916. The molecule has 0 spiro atoms. The van der Waals surface area contributed by atoms with Crippen molar-refractivity contribution in [1.29, 1.82) is 0 Å². The van der Waals surface area contributed by atoms with Gasteiger partial charge < -0.3 is 5.73 Å². The Morgan fingerprint density at radius 3 is 2.89 bits per heavy atom. The fourth-order valence-corrected chi connectivity index (χ4v) is 3.38. The van der Waals surface area contributed by atoms with E-state index in [9.17, 15) is 0 Å².